The minimum absolute atomic E-state index is 0.172. The fourth-order valence-corrected chi connectivity index (χ4v) is 4.06. The number of ether oxygens (including phenoxy) is 1. The molecule has 0 unspecified atom stereocenters. The third-order valence-electron chi connectivity index (χ3n) is 4.49. The monoisotopic (exact) mass is 420 g/mol. The number of nitrogens with zero attached hydrogens (tertiary/aromatic N) is 1. The fraction of sp³-hybridized carbons (Fsp3) is 0.350. The molecule has 0 saturated carbocycles. The van der Waals surface area contributed by atoms with Crippen LogP contribution in [0.1, 0.15) is 44.6 Å². The molecule has 156 valence electrons. The summed E-state index contributed by atoms with van der Waals surface area (Å²) in [4.78, 5) is 39.2. The number of hydrogen-bond donors (Lipinski definition) is 1. The van der Waals surface area contributed by atoms with Crippen LogP contribution >= 0.6 is 0 Å². The zero-order valence-electron chi connectivity index (χ0n) is 17.0. The largest absolute Gasteiger partial charge is 0.456 e. The second kappa shape index (κ2) is 8.60. The van der Waals surface area contributed by atoms with Crippen LogP contribution in [0, 0.1) is 20.8 Å². The molecule has 0 fully saturated rings. The molecule has 8 nitrogen and oxygen atoms in total. The Bertz CT molecular complexity index is 1070. The van der Waals surface area contributed by atoms with Crippen molar-refractivity contribution in [3.63, 3.8) is 0 Å². The van der Waals surface area contributed by atoms with Crippen molar-refractivity contribution in [2.24, 2.45) is 0 Å². The maximum Gasteiger partial charge on any atom is 0.327 e. The van der Waals surface area contributed by atoms with Crippen LogP contribution in [0.5, 0.6) is 0 Å². The number of Topliss-reactive ketones (excluding diaryl/α,β-unsaturated/α-hetero) is 2. The summed E-state index contributed by atoms with van der Waals surface area (Å²) in [5.74, 6) is -1.54. The Morgan fingerprint density at radius 3 is 2.24 bits per heavy atom. The Hall–Kier alpha value is -2.94. The van der Waals surface area contributed by atoms with Crippen LogP contribution in [0.25, 0.3) is 0 Å². The van der Waals surface area contributed by atoms with Crippen molar-refractivity contribution in [2.45, 2.75) is 27.7 Å². The number of aryl methyl sites for hydroxylation is 2. The number of carbonyl (C=O) groups excluding carboxylic acids is 3. The number of anilines is 1. The van der Waals surface area contributed by atoms with Gasteiger partial charge in [-0.15, -0.1) is 0 Å². The lowest BCUT2D eigenvalue weighted by Gasteiger charge is -2.23. The smallest absolute Gasteiger partial charge is 0.327 e. The highest BCUT2D eigenvalue weighted by Gasteiger charge is 2.25. The van der Waals surface area contributed by atoms with Crippen LogP contribution in [0.4, 0.5) is 5.69 Å². The summed E-state index contributed by atoms with van der Waals surface area (Å²) in [5, 5.41) is 0. The number of rotatable bonds is 8. The molecule has 0 bridgehead atoms. The van der Waals surface area contributed by atoms with E-state index >= 15 is 0 Å². The summed E-state index contributed by atoms with van der Waals surface area (Å²) in [6.07, 6.45) is 0.992. The van der Waals surface area contributed by atoms with Gasteiger partial charge in [-0.1, -0.05) is 18.2 Å². The fourth-order valence-electron chi connectivity index (χ4n) is 3.16. The Morgan fingerprint density at radius 1 is 1.10 bits per heavy atom. The Labute approximate surface area is 169 Å². The minimum atomic E-state index is -3.74. The Morgan fingerprint density at radius 2 is 1.72 bits per heavy atom. The molecular formula is C20H24N2O6S. The second-order valence-corrected chi connectivity index (χ2v) is 8.73. The van der Waals surface area contributed by atoms with Crippen LogP contribution in [-0.2, 0) is 19.6 Å². The van der Waals surface area contributed by atoms with Crippen LogP contribution in [-0.4, -0.2) is 50.3 Å². The molecule has 0 radical (unpaired) electrons. The van der Waals surface area contributed by atoms with E-state index in [2.05, 4.69) is 4.98 Å². The first kappa shape index (κ1) is 22.4. The number of ketones is 2. The molecule has 1 aromatic carbocycles. The second-order valence-electron chi connectivity index (χ2n) is 6.82. The van der Waals surface area contributed by atoms with Gasteiger partial charge in [0, 0.05) is 11.3 Å². The zero-order chi connectivity index (χ0) is 21.9. The van der Waals surface area contributed by atoms with Gasteiger partial charge in [-0.05, 0) is 44.9 Å². The van der Waals surface area contributed by atoms with Crippen molar-refractivity contribution in [3.8, 4) is 0 Å². The van der Waals surface area contributed by atoms with Gasteiger partial charge in [0.1, 0.15) is 6.54 Å². The summed E-state index contributed by atoms with van der Waals surface area (Å²) in [6.45, 7) is 5.33. The molecule has 1 heterocycles. The average molecular weight is 420 g/mol. The van der Waals surface area contributed by atoms with E-state index in [0.717, 1.165) is 10.6 Å². The zero-order valence-corrected chi connectivity index (χ0v) is 17.8. The third-order valence-corrected chi connectivity index (χ3v) is 5.62. The number of carbonyl (C=O) groups is 3. The van der Waals surface area contributed by atoms with Gasteiger partial charge in [0.25, 0.3) is 0 Å². The predicted octanol–water partition coefficient (Wildman–Crippen LogP) is 2.33. The molecule has 0 aliphatic carbocycles. The SMILES string of the molecule is CC(=O)c1c(C)[nH]c(C(=O)COC(=O)CN(c2ccccc2C)S(C)(=O)=O)c1C. The molecule has 1 N–H and O–H groups in total. The van der Waals surface area contributed by atoms with Crippen LogP contribution in [0.15, 0.2) is 24.3 Å². The minimum Gasteiger partial charge on any atom is -0.456 e. The molecule has 0 amide bonds. The van der Waals surface area contributed by atoms with Crippen LogP contribution < -0.4 is 4.31 Å². The number of benzene rings is 1. The van der Waals surface area contributed by atoms with E-state index in [1.807, 2.05) is 0 Å². The molecule has 0 spiro atoms. The van der Waals surface area contributed by atoms with E-state index in [9.17, 15) is 22.8 Å². The summed E-state index contributed by atoms with van der Waals surface area (Å²) in [6, 6.07) is 6.74. The highest BCUT2D eigenvalue weighted by molar-refractivity contribution is 7.92. The van der Waals surface area contributed by atoms with Gasteiger partial charge in [0.15, 0.2) is 12.4 Å². The van der Waals surface area contributed by atoms with Crippen molar-refractivity contribution >= 4 is 33.2 Å². The number of aromatic amines is 1. The summed E-state index contributed by atoms with van der Waals surface area (Å²) >= 11 is 0. The van der Waals surface area contributed by atoms with Gasteiger partial charge in [0.05, 0.1) is 17.6 Å². The highest BCUT2D eigenvalue weighted by Crippen LogP contribution is 2.22. The van der Waals surface area contributed by atoms with E-state index in [1.54, 1.807) is 45.0 Å². The lowest BCUT2D eigenvalue weighted by atomic mass is 10.1. The number of sulfonamides is 1. The highest BCUT2D eigenvalue weighted by atomic mass is 32.2. The van der Waals surface area contributed by atoms with Crippen molar-refractivity contribution in [3.05, 3.63) is 52.3 Å². The lowest BCUT2D eigenvalue weighted by Crippen LogP contribution is -2.36. The molecule has 0 aliphatic heterocycles. The summed E-state index contributed by atoms with van der Waals surface area (Å²) in [5.41, 5.74) is 2.72. The molecule has 0 saturated heterocycles. The first-order valence-electron chi connectivity index (χ1n) is 8.85. The standard InChI is InChI=1S/C20H24N2O6S/c1-12-8-6-7-9-16(12)22(29(5,26)27)10-18(25)28-11-17(24)20-13(2)19(15(4)23)14(3)21-20/h6-9,21H,10-11H2,1-5H3. The summed E-state index contributed by atoms with van der Waals surface area (Å²) < 4.78 is 30.2. The molecule has 9 heteroatoms. The number of esters is 1. The van der Waals surface area contributed by atoms with Crippen molar-refractivity contribution in [2.75, 3.05) is 23.7 Å². The molecule has 0 atom stereocenters. The molecular weight excluding hydrogens is 396 g/mol. The van der Waals surface area contributed by atoms with Gasteiger partial charge in [-0.3, -0.25) is 18.7 Å². The maximum atomic E-state index is 12.4. The molecule has 1 aromatic heterocycles. The van der Waals surface area contributed by atoms with Gasteiger partial charge >= 0.3 is 5.97 Å². The van der Waals surface area contributed by atoms with Crippen LogP contribution in [0.3, 0.4) is 0 Å². The van der Waals surface area contributed by atoms with E-state index in [0.29, 0.717) is 28.1 Å². The quantitative estimate of drug-likeness (QED) is 0.518. The van der Waals surface area contributed by atoms with E-state index in [-0.39, 0.29) is 11.5 Å². The Balaban J connectivity index is 2.12. The van der Waals surface area contributed by atoms with Gasteiger partial charge < -0.3 is 9.72 Å². The van der Waals surface area contributed by atoms with Gasteiger partial charge in [0.2, 0.25) is 15.8 Å². The Kier molecular flexibility index (Phi) is 6.63. The number of hydrogen-bond acceptors (Lipinski definition) is 6. The maximum absolute atomic E-state index is 12.4. The van der Waals surface area contributed by atoms with E-state index < -0.39 is 34.9 Å². The number of H-pyrrole nitrogens is 1. The predicted molar refractivity (Wildman–Crippen MR) is 109 cm³/mol. The van der Waals surface area contributed by atoms with Gasteiger partial charge in [-0.2, -0.15) is 0 Å². The molecule has 2 rings (SSSR count). The van der Waals surface area contributed by atoms with Crippen molar-refractivity contribution < 1.29 is 27.5 Å². The third kappa shape index (κ3) is 5.11. The van der Waals surface area contributed by atoms with Crippen LogP contribution in [0.2, 0.25) is 0 Å². The first-order chi connectivity index (χ1) is 13.4. The number of para-hydroxylation sites is 1. The normalized spacial score (nSPS) is 11.2. The number of aromatic nitrogens is 1. The summed E-state index contributed by atoms with van der Waals surface area (Å²) in [7, 11) is -3.74. The molecule has 2 aromatic rings. The van der Waals surface area contributed by atoms with Crippen molar-refractivity contribution in [1.29, 1.82) is 0 Å². The van der Waals surface area contributed by atoms with E-state index in [1.165, 1.54) is 6.92 Å². The molecule has 29 heavy (non-hydrogen) atoms. The molecule has 0 aliphatic rings. The topological polar surface area (TPSA) is 114 Å². The van der Waals surface area contributed by atoms with E-state index in [4.69, 9.17) is 4.74 Å². The lowest BCUT2D eigenvalue weighted by molar-refractivity contribution is -0.140. The van der Waals surface area contributed by atoms with Crippen molar-refractivity contribution in [1.82, 2.24) is 4.98 Å². The van der Waals surface area contributed by atoms with Gasteiger partial charge in [-0.25, -0.2) is 8.42 Å². The average Bonchev–Trinajstić information content (AvgIpc) is 2.92. The number of nitrogens with one attached hydrogen (secondary N) is 1. The first-order valence-corrected chi connectivity index (χ1v) is 10.7.